The van der Waals surface area contributed by atoms with Crippen molar-refractivity contribution in [3.63, 3.8) is 0 Å². The largest absolute Gasteiger partial charge is 0.480 e. The summed E-state index contributed by atoms with van der Waals surface area (Å²) in [4.78, 5) is 35.5. The summed E-state index contributed by atoms with van der Waals surface area (Å²) in [6, 6.07) is 0.484. The number of halogens is 2. The molecule has 0 spiro atoms. The lowest BCUT2D eigenvalue weighted by atomic mass is 10.0. The minimum absolute atomic E-state index is 0.0167. The first-order valence-corrected chi connectivity index (χ1v) is 8.99. The summed E-state index contributed by atoms with van der Waals surface area (Å²) in [6.07, 6.45) is 2.86. The van der Waals surface area contributed by atoms with E-state index in [2.05, 4.69) is 5.32 Å². The molecule has 2 atom stereocenters. The Morgan fingerprint density at radius 3 is 2.28 bits per heavy atom. The van der Waals surface area contributed by atoms with Crippen LogP contribution in [0.3, 0.4) is 0 Å². The molecular weight excluding hydrogens is 388 g/mol. The lowest BCUT2D eigenvalue weighted by Gasteiger charge is -2.21. The van der Waals surface area contributed by atoms with Gasteiger partial charge in [-0.2, -0.15) is 0 Å². The van der Waals surface area contributed by atoms with E-state index in [0.717, 1.165) is 27.3 Å². The standard InChI is InChI=1S/C19H23F2N3O5/c1-11(2)7-15(17(25)26)22-16(18(27)28)10-24-6-5-23(19(24)29)9-12-8-13(20)3-4-14(12)21/h3-6,8,11,15-16,22H,7,9-10H2,1-2H3,(H,25,26)(H,27,28). The molecular formula is C19H23F2N3O5. The van der Waals surface area contributed by atoms with Crippen LogP contribution in [0.1, 0.15) is 25.8 Å². The fraction of sp³-hybridized carbons (Fsp3) is 0.421. The fourth-order valence-corrected chi connectivity index (χ4v) is 2.91. The second-order valence-electron chi connectivity index (χ2n) is 7.17. The van der Waals surface area contributed by atoms with Crippen molar-refractivity contribution in [2.75, 3.05) is 0 Å². The highest BCUT2D eigenvalue weighted by Gasteiger charge is 2.27. The van der Waals surface area contributed by atoms with Crippen LogP contribution in [0.4, 0.5) is 8.78 Å². The van der Waals surface area contributed by atoms with Gasteiger partial charge in [-0.15, -0.1) is 0 Å². The van der Waals surface area contributed by atoms with Crippen molar-refractivity contribution >= 4 is 11.9 Å². The van der Waals surface area contributed by atoms with E-state index in [-0.39, 0.29) is 31.0 Å². The molecule has 8 nitrogen and oxygen atoms in total. The van der Waals surface area contributed by atoms with Crippen molar-refractivity contribution in [3.8, 4) is 0 Å². The number of carboxylic acid groups (broad SMARTS) is 2. The Morgan fingerprint density at radius 1 is 1.07 bits per heavy atom. The van der Waals surface area contributed by atoms with Crippen molar-refractivity contribution in [2.45, 2.75) is 45.4 Å². The van der Waals surface area contributed by atoms with E-state index in [1.807, 2.05) is 13.8 Å². The van der Waals surface area contributed by atoms with Crippen LogP contribution in [0.25, 0.3) is 0 Å². The quantitative estimate of drug-likeness (QED) is 0.546. The normalized spacial score (nSPS) is 13.4. The van der Waals surface area contributed by atoms with Crippen molar-refractivity contribution in [1.29, 1.82) is 0 Å². The second kappa shape index (κ2) is 9.46. The van der Waals surface area contributed by atoms with E-state index in [4.69, 9.17) is 0 Å². The summed E-state index contributed by atoms with van der Waals surface area (Å²) in [5.74, 6) is -3.79. The topological polar surface area (TPSA) is 114 Å². The second-order valence-corrected chi connectivity index (χ2v) is 7.17. The molecule has 0 aliphatic carbocycles. The van der Waals surface area contributed by atoms with Crippen LogP contribution in [0.5, 0.6) is 0 Å². The molecule has 2 rings (SSSR count). The van der Waals surface area contributed by atoms with E-state index in [1.54, 1.807) is 0 Å². The molecule has 2 aromatic rings. The number of nitrogens with zero attached hydrogens (tertiary/aromatic N) is 2. The monoisotopic (exact) mass is 411 g/mol. The highest BCUT2D eigenvalue weighted by atomic mass is 19.1. The van der Waals surface area contributed by atoms with Gasteiger partial charge in [-0.3, -0.25) is 24.0 Å². The maximum absolute atomic E-state index is 13.8. The molecule has 1 aromatic heterocycles. The SMILES string of the molecule is CC(C)CC(NC(Cn1ccn(Cc2cc(F)ccc2F)c1=O)C(=O)O)C(=O)O. The van der Waals surface area contributed by atoms with E-state index in [0.29, 0.717) is 0 Å². The predicted octanol–water partition coefficient (Wildman–Crippen LogP) is 1.52. The molecule has 0 aliphatic rings. The van der Waals surface area contributed by atoms with Gasteiger partial charge in [0.1, 0.15) is 23.7 Å². The first-order valence-electron chi connectivity index (χ1n) is 8.99. The van der Waals surface area contributed by atoms with Gasteiger partial charge < -0.3 is 10.2 Å². The number of hydrogen-bond donors (Lipinski definition) is 3. The lowest BCUT2D eigenvalue weighted by molar-refractivity contribution is -0.143. The average molecular weight is 411 g/mol. The minimum atomic E-state index is -1.32. The Labute approximate surface area is 165 Å². The summed E-state index contributed by atoms with van der Waals surface area (Å²) < 4.78 is 29.3. The molecule has 0 saturated carbocycles. The number of imidazole rings is 1. The smallest absolute Gasteiger partial charge is 0.328 e. The predicted molar refractivity (Wildman–Crippen MR) is 99.6 cm³/mol. The van der Waals surface area contributed by atoms with Crippen molar-refractivity contribution in [3.05, 3.63) is 58.3 Å². The Morgan fingerprint density at radius 2 is 1.69 bits per heavy atom. The van der Waals surface area contributed by atoms with Crippen molar-refractivity contribution in [1.82, 2.24) is 14.5 Å². The van der Waals surface area contributed by atoms with Crippen molar-refractivity contribution in [2.24, 2.45) is 5.92 Å². The molecule has 29 heavy (non-hydrogen) atoms. The van der Waals surface area contributed by atoms with Crippen LogP contribution in [0, 0.1) is 17.6 Å². The van der Waals surface area contributed by atoms with E-state index < -0.39 is 41.3 Å². The van der Waals surface area contributed by atoms with Gasteiger partial charge in [-0.05, 0) is 30.5 Å². The Balaban J connectivity index is 2.19. The van der Waals surface area contributed by atoms with Crippen LogP contribution in [0.2, 0.25) is 0 Å². The number of aliphatic carboxylic acids is 2. The molecule has 0 radical (unpaired) electrons. The third-order valence-corrected chi connectivity index (χ3v) is 4.35. The zero-order valence-corrected chi connectivity index (χ0v) is 16.0. The number of benzene rings is 1. The van der Waals surface area contributed by atoms with E-state index in [9.17, 15) is 33.4 Å². The maximum atomic E-state index is 13.8. The molecule has 1 heterocycles. The summed E-state index contributed by atoms with van der Waals surface area (Å²) in [5, 5.41) is 21.3. The maximum Gasteiger partial charge on any atom is 0.328 e. The number of nitrogens with one attached hydrogen (secondary N) is 1. The van der Waals surface area contributed by atoms with E-state index >= 15 is 0 Å². The van der Waals surface area contributed by atoms with Gasteiger partial charge in [0.15, 0.2) is 0 Å². The molecule has 0 aliphatic heterocycles. The molecule has 10 heteroatoms. The number of rotatable bonds is 10. The number of aromatic nitrogens is 2. The Bertz CT molecular complexity index is 938. The van der Waals surface area contributed by atoms with Crippen LogP contribution < -0.4 is 11.0 Å². The van der Waals surface area contributed by atoms with Crippen LogP contribution >= 0.6 is 0 Å². The molecule has 0 fully saturated rings. The average Bonchev–Trinajstić information content (AvgIpc) is 2.96. The van der Waals surface area contributed by atoms with Gasteiger partial charge in [-0.25, -0.2) is 13.6 Å². The highest BCUT2D eigenvalue weighted by Crippen LogP contribution is 2.11. The fourth-order valence-electron chi connectivity index (χ4n) is 2.91. The zero-order chi connectivity index (χ0) is 21.7. The van der Waals surface area contributed by atoms with E-state index in [1.165, 1.54) is 12.4 Å². The number of carboxylic acids is 2. The first kappa shape index (κ1) is 22.3. The molecule has 2 unspecified atom stereocenters. The third kappa shape index (κ3) is 5.98. The lowest BCUT2D eigenvalue weighted by Crippen LogP contribution is -2.50. The van der Waals surface area contributed by atoms with Crippen LogP contribution in [0.15, 0.2) is 35.4 Å². The molecule has 0 bridgehead atoms. The van der Waals surface area contributed by atoms with Gasteiger partial charge in [0.05, 0.1) is 13.1 Å². The van der Waals surface area contributed by atoms with Gasteiger partial charge in [0.2, 0.25) is 0 Å². The van der Waals surface area contributed by atoms with Crippen LogP contribution in [-0.4, -0.2) is 43.4 Å². The molecule has 3 N–H and O–H groups in total. The summed E-state index contributed by atoms with van der Waals surface area (Å²) in [7, 11) is 0. The van der Waals surface area contributed by atoms with Gasteiger partial charge >= 0.3 is 17.6 Å². The molecule has 0 amide bonds. The third-order valence-electron chi connectivity index (χ3n) is 4.35. The van der Waals surface area contributed by atoms with Gasteiger partial charge in [0.25, 0.3) is 0 Å². The van der Waals surface area contributed by atoms with Crippen LogP contribution in [-0.2, 0) is 22.7 Å². The highest BCUT2D eigenvalue weighted by molar-refractivity contribution is 5.77. The Hall–Kier alpha value is -3.01. The summed E-state index contributed by atoms with van der Waals surface area (Å²) in [6.45, 7) is 3.06. The van der Waals surface area contributed by atoms with Gasteiger partial charge in [-0.1, -0.05) is 13.8 Å². The summed E-state index contributed by atoms with van der Waals surface area (Å²) in [5.41, 5.74) is -0.655. The Kier molecular flexibility index (Phi) is 7.27. The van der Waals surface area contributed by atoms with Crippen molar-refractivity contribution < 1.29 is 28.6 Å². The zero-order valence-electron chi connectivity index (χ0n) is 16.0. The number of hydrogen-bond acceptors (Lipinski definition) is 4. The molecule has 158 valence electrons. The molecule has 1 aromatic carbocycles. The molecule has 0 saturated heterocycles. The van der Waals surface area contributed by atoms with Gasteiger partial charge in [0, 0.05) is 18.0 Å². The summed E-state index contributed by atoms with van der Waals surface area (Å²) >= 11 is 0. The minimum Gasteiger partial charge on any atom is -0.480 e. The number of carbonyl (C=O) groups is 2. The first-order chi connectivity index (χ1) is 13.6.